The summed E-state index contributed by atoms with van der Waals surface area (Å²) in [6.45, 7) is 6.14. The van der Waals surface area contributed by atoms with Crippen LogP contribution in [-0.2, 0) is 11.2 Å². The standard InChI is InChI=1S/C14H18FNO/c1-4-9-5-6-10(15)7-12(9)16-13(17)11-8-14(11,2)3/h5-7,11H,4,8H2,1-3H3,(H,16,17). The van der Waals surface area contributed by atoms with Crippen molar-refractivity contribution >= 4 is 11.6 Å². The van der Waals surface area contributed by atoms with Gasteiger partial charge in [-0.05, 0) is 36.0 Å². The van der Waals surface area contributed by atoms with E-state index in [4.69, 9.17) is 0 Å². The van der Waals surface area contributed by atoms with Gasteiger partial charge in [-0.1, -0.05) is 26.8 Å². The van der Waals surface area contributed by atoms with Crippen molar-refractivity contribution in [2.24, 2.45) is 11.3 Å². The van der Waals surface area contributed by atoms with Crippen molar-refractivity contribution in [3.05, 3.63) is 29.6 Å². The van der Waals surface area contributed by atoms with Gasteiger partial charge in [0, 0.05) is 11.6 Å². The summed E-state index contributed by atoms with van der Waals surface area (Å²) in [5, 5.41) is 2.84. The van der Waals surface area contributed by atoms with Gasteiger partial charge in [-0.3, -0.25) is 4.79 Å². The molecule has 0 spiro atoms. The average Bonchev–Trinajstić information content (AvgIpc) is 2.88. The van der Waals surface area contributed by atoms with Crippen molar-refractivity contribution in [2.75, 3.05) is 5.32 Å². The summed E-state index contributed by atoms with van der Waals surface area (Å²) in [6, 6.07) is 4.55. The van der Waals surface area contributed by atoms with Crippen molar-refractivity contribution in [3.63, 3.8) is 0 Å². The lowest BCUT2D eigenvalue weighted by Crippen LogP contribution is -2.17. The number of hydrogen-bond donors (Lipinski definition) is 1. The second-order valence-electron chi connectivity index (χ2n) is 5.39. The Kier molecular flexibility index (Phi) is 2.94. The molecular weight excluding hydrogens is 217 g/mol. The Morgan fingerprint density at radius 1 is 1.53 bits per heavy atom. The van der Waals surface area contributed by atoms with Crippen LogP contribution in [0, 0.1) is 17.2 Å². The molecule has 2 nitrogen and oxygen atoms in total. The number of carbonyl (C=O) groups is 1. The van der Waals surface area contributed by atoms with Crippen molar-refractivity contribution in [1.29, 1.82) is 0 Å². The second-order valence-corrected chi connectivity index (χ2v) is 5.39. The molecule has 92 valence electrons. The molecule has 0 bridgehead atoms. The van der Waals surface area contributed by atoms with Crippen LogP contribution in [0.3, 0.4) is 0 Å². The minimum Gasteiger partial charge on any atom is -0.325 e. The number of aryl methyl sites for hydroxylation is 1. The summed E-state index contributed by atoms with van der Waals surface area (Å²) in [6.07, 6.45) is 1.69. The van der Waals surface area contributed by atoms with Crippen molar-refractivity contribution in [1.82, 2.24) is 0 Å². The van der Waals surface area contributed by atoms with Gasteiger partial charge >= 0.3 is 0 Å². The highest BCUT2D eigenvalue weighted by molar-refractivity contribution is 5.95. The first-order valence-corrected chi connectivity index (χ1v) is 6.03. The molecule has 1 fully saturated rings. The molecule has 0 heterocycles. The maximum atomic E-state index is 13.2. The number of carbonyl (C=O) groups excluding carboxylic acids is 1. The Morgan fingerprint density at radius 3 is 2.71 bits per heavy atom. The highest BCUT2D eigenvalue weighted by atomic mass is 19.1. The highest BCUT2D eigenvalue weighted by Gasteiger charge is 2.50. The summed E-state index contributed by atoms with van der Waals surface area (Å²) in [5.74, 6) is -0.238. The zero-order chi connectivity index (χ0) is 12.6. The van der Waals surface area contributed by atoms with Gasteiger partial charge in [0.25, 0.3) is 0 Å². The molecule has 1 aliphatic rings. The van der Waals surface area contributed by atoms with E-state index in [0.717, 1.165) is 18.4 Å². The zero-order valence-corrected chi connectivity index (χ0v) is 10.5. The molecule has 3 heteroatoms. The molecule has 0 aliphatic heterocycles. The summed E-state index contributed by atoms with van der Waals surface area (Å²) in [4.78, 5) is 11.9. The molecule has 1 aromatic rings. The molecule has 17 heavy (non-hydrogen) atoms. The minimum atomic E-state index is -0.312. The fraction of sp³-hybridized carbons (Fsp3) is 0.500. The lowest BCUT2D eigenvalue weighted by atomic mass is 10.1. The maximum Gasteiger partial charge on any atom is 0.228 e. The van der Waals surface area contributed by atoms with Gasteiger partial charge in [-0.2, -0.15) is 0 Å². The molecule has 1 atom stereocenters. The van der Waals surface area contributed by atoms with Crippen molar-refractivity contribution in [3.8, 4) is 0 Å². The first kappa shape index (κ1) is 12.1. The molecule has 1 amide bonds. The molecule has 0 saturated heterocycles. The normalized spacial score (nSPS) is 21.1. The molecule has 1 aliphatic carbocycles. The van der Waals surface area contributed by atoms with Gasteiger partial charge in [0.1, 0.15) is 5.82 Å². The van der Waals surface area contributed by atoms with E-state index in [1.807, 2.05) is 6.92 Å². The number of hydrogen-bond acceptors (Lipinski definition) is 1. The topological polar surface area (TPSA) is 29.1 Å². The van der Waals surface area contributed by atoms with Crippen molar-refractivity contribution in [2.45, 2.75) is 33.6 Å². The fourth-order valence-corrected chi connectivity index (χ4v) is 2.11. The van der Waals surface area contributed by atoms with E-state index in [-0.39, 0.29) is 23.1 Å². The van der Waals surface area contributed by atoms with Crippen LogP contribution in [0.5, 0.6) is 0 Å². The van der Waals surface area contributed by atoms with Crippen LogP contribution in [0.2, 0.25) is 0 Å². The molecule has 1 unspecified atom stereocenters. The lowest BCUT2D eigenvalue weighted by molar-refractivity contribution is -0.118. The average molecular weight is 235 g/mol. The Labute approximate surface area is 101 Å². The monoisotopic (exact) mass is 235 g/mol. The maximum absolute atomic E-state index is 13.2. The minimum absolute atomic E-state index is 0.00954. The van der Waals surface area contributed by atoms with E-state index >= 15 is 0 Å². The molecule has 1 saturated carbocycles. The molecule has 0 aromatic heterocycles. The van der Waals surface area contributed by atoms with Gasteiger partial charge in [0.2, 0.25) is 5.91 Å². The number of nitrogens with one attached hydrogen (secondary N) is 1. The third-order valence-corrected chi connectivity index (χ3v) is 3.54. The predicted molar refractivity (Wildman–Crippen MR) is 66.3 cm³/mol. The zero-order valence-electron chi connectivity index (χ0n) is 10.5. The third kappa shape index (κ3) is 2.48. The molecular formula is C14H18FNO. The molecule has 2 rings (SSSR count). The first-order chi connectivity index (χ1) is 7.94. The van der Waals surface area contributed by atoms with E-state index in [1.54, 1.807) is 6.07 Å². The summed E-state index contributed by atoms with van der Waals surface area (Å²) < 4.78 is 13.2. The van der Waals surface area contributed by atoms with Gasteiger partial charge < -0.3 is 5.32 Å². The van der Waals surface area contributed by atoms with Crippen LogP contribution in [0.25, 0.3) is 0 Å². The number of benzene rings is 1. The highest BCUT2D eigenvalue weighted by Crippen LogP contribution is 2.52. The van der Waals surface area contributed by atoms with E-state index in [9.17, 15) is 9.18 Å². The smallest absolute Gasteiger partial charge is 0.228 e. The SMILES string of the molecule is CCc1ccc(F)cc1NC(=O)C1CC1(C)C. The fourth-order valence-electron chi connectivity index (χ4n) is 2.11. The van der Waals surface area contributed by atoms with E-state index in [1.165, 1.54) is 12.1 Å². The Hall–Kier alpha value is -1.38. The summed E-state index contributed by atoms with van der Waals surface area (Å²) >= 11 is 0. The molecule has 1 aromatic carbocycles. The lowest BCUT2D eigenvalue weighted by Gasteiger charge is -2.10. The van der Waals surface area contributed by atoms with E-state index < -0.39 is 0 Å². The predicted octanol–water partition coefficient (Wildman–Crippen LogP) is 3.37. The van der Waals surface area contributed by atoms with Gasteiger partial charge in [-0.25, -0.2) is 4.39 Å². The van der Waals surface area contributed by atoms with E-state index in [0.29, 0.717) is 5.69 Å². The van der Waals surface area contributed by atoms with Crippen LogP contribution in [-0.4, -0.2) is 5.91 Å². The molecule has 1 N–H and O–H groups in total. The van der Waals surface area contributed by atoms with E-state index in [2.05, 4.69) is 19.2 Å². The van der Waals surface area contributed by atoms with Crippen LogP contribution < -0.4 is 5.32 Å². The van der Waals surface area contributed by atoms with Gasteiger partial charge in [0.05, 0.1) is 0 Å². The second kappa shape index (κ2) is 4.13. The largest absolute Gasteiger partial charge is 0.325 e. The summed E-state index contributed by atoms with van der Waals surface area (Å²) in [7, 11) is 0. The van der Waals surface area contributed by atoms with Crippen LogP contribution >= 0.6 is 0 Å². The Balaban J connectivity index is 2.13. The summed E-state index contributed by atoms with van der Waals surface area (Å²) in [5.41, 5.74) is 1.68. The van der Waals surface area contributed by atoms with Crippen LogP contribution in [0.1, 0.15) is 32.8 Å². The Bertz CT molecular complexity index is 454. The van der Waals surface area contributed by atoms with Crippen LogP contribution in [0.15, 0.2) is 18.2 Å². The quantitative estimate of drug-likeness (QED) is 0.855. The number of halogens is 1. The van der Waals surface area contributed by atoms with Gasteiger partial charge in [0.15, 0.2) is 0 Å². The first-order valence-electron chi connectivity index (χ1n) is 6.03. The van der Waals surface area contributed by atoms with Crippen LogP contribution in [0.4, 0.5) is 10.1 Å². The third-order valence-electron chi connectivity index (χ3n) is 3.54. The van der Waals surface area contributed by atoms with Gasteiger partial charge in [-0.15, -0.1) is 0 Å². The number of amides is 1. The molecule has 0 radical (unpaired) electrons. The Morgan fingerprint density at radius 2 is 2.18 bits per heavy atom. The van der Waals surface area contributed by atoms with Crippen molar-refractivity contribution < 1.29 is 9.18 Å². The number of rotatable bonds is 3. The number of anilines is 1.